The first kappa shape index (κ1) is 7.11. The molecule has 1 aliphatic rings. The molecule has 0 amide bonds. The van der Waals surface area contributed by atoms with Crippen molar-refractivity contribution in [2.75, 3.05) is 0 Å². The molecule has 0 heterocycles. The summed E-state index contributed by atoms with van der Waals surface area (Å²) in [6.07, 6.45) is 4.24. The second-order valence-electron chi connectivity index (χ2n) is 3.22. The molecule has 0 aromatic heterocycles. The van der Waals surface area contributed by atoms with Gasteiger partial charge in [-0.2, -0.15) is 0 Å². The zero-order valence-corrected chi connectivity index (χ0v) is 6.85. The van der Waals surface area contributed by atoms with Crippen molar-refractivity contribution < 1.29 is 0 Å². The van der Waals surface area contributed by atoms with Gasteiger partial charge in [-0.3, -0.25) is 0 Å². The minimum absolute atomic E-state index is 1.10. The van der Waals surface area contributed by atoms with E-state index in [2.05, 4.69) is 20.8 Å². The second-order valence-corrected chi connectivity index (χ2v) is 3.22. The van der Waals surface area contributed by atoms with Crippen LogP contribution in [0.15, 0.2) is 0 Å². The van der Waals surface area contributed by atoms with Crippen LogP contribution in [0.3, 0.4) is 0 Å². The van der Waals surface area contributed by atoms with Crippen LogP contribution in [0.1, 0.15) is 40.0 Å². The molecule has 0 saturated heterocycles. The third kappa shape index (κ3) is 1.12. The molecule has 0 aromatic rings. The Hall–Kier alpha value is 0. The van der Waals surface area contributed by atoms with E-state index in [0.717, 1.165) is 17.8 Å². The summed E-state index contributed by atoms with van der Waals surface area (Å²) in [6.45, 7) is 6.97. The van der Waals surface area contributed by atoms with Crippen LogP contribution in [0.5, 0.6) is 0 Å². The van der Waals surface area contributed by atoms with Crippen molar-refractivity contribution in [1.29, 1.82) is 0 Å². The quantitative estimate of drug-likeness (QED) is 0.545. The van der Waals surface area contributed by atoms with Gasteiger partial charge >= 0.3 is 0 Å². The first-order valence-electron chi connectivity index (χ1n) is 4.35. The Balaban J connectivity index is 2.26. The maximum absolute atomic E-state index is 2.32. The Morgan fingerprint density at radius 3 is 1.00 bits per heavy atom. The van der Waals surface area contributed by atoms with Gasteiger partial charge in [-0.05, 0) is 17.8 Å². The van der Waals surface area contributed by atoms with E-state index in [9.17, 15) is 0 Å². The van der Waals surface area contributed by atoms with E-state index >= 15 is 0 Å². The lowest BCUT2D eigenvalue weighted by atomic mass is 10.2. The Labute approximate surface area is 58.7 Å². The highest BCUT2D eigenvalue weighted by Crippen LogP contribution is 2.52. The van der Waals surface area contributed by atoms with Crippen LogP contribution in [0.25, 0.3) is 0 Å². The van der Waals surface area contributed by atoms with Crippen molar-refractivity contribution >= 4 is 0 Å². The largest absolute Gasteiger partial charge is 0.0651 e. The van der Waals surface area contributed by atoms with Crippen LogP contribution in [0.2, 0.25) is 0 Å². The van der Waals surface area contributed by atoms with Crippen LogP contribution < -0.4 is 0 Å². The highest BCUT2D eigenvalue weighted by molar-refractivity contribution is 4.93. The number of rotatable bonds is 3. The Morgan fingerprint density at radius 2 is 0.889 bits per heavy atom. The molecule has 0 aromatic carbocycles. The van der Waals surface area contributed by atoms with E-state index in [1.807, 2.05) is 0 Å². The molecule has 0 unspecified atom stereocenters. The van der Waals surface area contributed by atoms with Crippen molar-refractivity contribution in [3.05, 3.63) is 0 Å². The Kier molecular flexibility index (Phi) is 2.15. The molecule has 1 fully saturated rings. The average molecular weight is 126 g/mol. The van der Waals surface area contributed by atoms with Crippen LogP contribution >= 0.6 is 0 Å². The van der Waals surface area contributed by atoms with Gasteiger partial charge in [0.15, 0.2) is 0 Å². The fourth-order valence-corrected chi connectivity index (χ4v) is 2.34. The van der Waals surface area contributed by atoms with Crippen molar-refractivity contribution in [3.8, 4) is 0 Å². The van der Waals surface area contributed by atoms with E-state index in [1.165, 1.54) is 19.3 Å². The topological polar surface area (TPSA) is 0 Å². The van der Waals surface area contributed by atoms with Crippen molar-refractivity contribution in [3.63, 3.8) is 0 Å². The highest BCUT2D eigenvalue weighted by Gasteiger charge is 2.44. The molecule has 0 N–H and O–H groups in total. The van der Waals surface area contributed by atoms with Crippen LogP contribution in [0.4, 0.5) is 0 Å². The lowest BCUT2D eigenvalue weighted by Crippen LogP contribution is -1.74. The van der Waals surface area contributed by atoms with Gasteiger partial charge in [-0.25, -0.2) is 0 Å². The van der Waals surface area contributed by atoms with Gasteiger partial charge in [0.2, 0.25) is 0 Å². The molecule has 1 saturated carbocycles. The van der Waals surface area contributed by atoms with Crippen LogP contribution in [-0.4, -0.2) is 0 Å². The number of hydrogen-bond donors (Lipinski definition) is 0. The van der Waals surface area contributed by atoms with Crippen molar-refractivity contribution in [1.82, 2.24) is 0 Å². The molecule has 0 heteroatoms. The van der Waals surface area contributed by atoms with Gasteiger partial charge in [0, 0.05) is 0 Å². The molecule has 0 atom stereocenters. The van der Waals surface area contributed by atoms with Gasteiger partial charge in [-0.1, -0.05) is 40.0 Å². The van der Waals surface area contributed by atoms with Crippen molar-refractivity contribution in [2.24, 2.45) is 17.8 Å². The molecular weight excluding hydrogens is 108 g/mol. The molecule has 0 radical (unpaired) electrons. The normalized spacial score (nSPS) is 41.0. The molecule has 0 aliphatic heterocycles. The summed E-state index contributed by atoms with van der Waals surface area (Å²) >= 11 is 0. The van der Waals surface area contributed by atoms with Crippen LogP contribution in [-0.2, 0) is 0 Å². The van der Waals surface area contributed by atoms with Gasteiger partial charge in [0.05, 0.1) is 0 Å². The van der Waals surface area contributed by atoms with E-state index in [-0.39, 0.29) is 0 Å². The van der Waals surface area contributed by atoms with Gasteiger partial charge in [0.1, 0.15) is 0 Å². The maximum Gasteiger partial charge on any atom is -0.0355 e. The van der Waals surface area contributed by atoms with E-state index in [0.29, 0.717) is 0 Å². The third-order valence-corrected chi connectivity index (χ3v) is 2.92. The van der Waals surface area contributed by atoms with Gasteiger partial charge in [-0.15, -0.1) is 0 Å². The summed E-state index contributed by atoms with van der Waals surface area (Å²) in [4.78, 5) is 0. The first-order valence-corrected chi connectivity index (χ1v) is 4.35. The summed E-state index contributed by atoms with van der Waals surface area (Å²) in [7, 11) is 0. The molecule has 0 spiro atoms. The fourth-order valence-electron chi connectivity index (χ4n) is 2.34. The lowest BCUT2D eigenvalue weighted by Gasteiger charge is -1.85. The van der Waals surface area contributed by atoms with Crippen molar-refractivity contribution in [2.45, 2.75) is 40.0 Å². The standard InChI is InChI=1S/C9H18/c1-4-7-8(5-2)9(7)6-3/h7-9H,4-6H2,1-3H3. The summed E-state index contributed by atoms with van der Waals surface area (Å²) in [6, 6.07) is 0. The Morgan fingerprint density at radius 1 is 0.667 bits per heavy atom. The summed E-state index contributed by atoms with van der Waals surface area (Å²) in [5, 5.41) is 0. The SMILES string of the molecule is CCC1C(CC)C1CC. The minimum atomic E-state index is 1.10. The first-order chi connectivity index (χ1) is 4.35. The molecule has 1 aliphatic carbocycles. The molecule has 1 rings (SSSR count). The zero-order valence-electron chi connectivity index (χ0n) is 6.85. The third-order valence-electron chi connectivity index (χ3n) is 2.92. The van der Waals surface area contributed by atoms with E-state index < -0.39 is 0 Å². The molecular formula is C9H18. The fraction of sp³-hybridized carbons (Fsp3) is 1.00. The molecule has 9 heavy (non-hydrogen) atoms. The van der Waals surface area contributed by atoms with E-state index in [4.69, 9.17) is 0 Å². The maximum atomic E-state index is 2.32. The monoisotopic (exact) mass is 126 g/mol. The van der Waals surface area contributed by atoms with Crippen LogP contribution in [0, 0.1) is 17.8 Å². The van der Waals surface area contributed by atoms with E-state index in [1.54, 1.807) is 0 Å². The summed E-state index contributed by atoms with van der Waals surface area (Å²) in [5.41, 5.74) is 0. The predicted octanol–water partition coefficient (Wildman–Crippen LogP) is 3.08. The number of hydrogen-bond acceptors (Lipinski definition) is 0. The smallest absolute Gasteiger partial charge is 0.0355 e. The lowest BCUT2D eigenvalue weighted by molar-refractivity contribution is 0.663. The summed E-state index contributed by atoms with van der Waals surface area (Å²) < 4.78 is 0. The predicted molar refractivity (Wildman–Crippen MR) is 41.3 cm³/mol. The zero-order chi connectivity index (χ0) is 6.85. The average Bonchev–Trinajstić information content (AvgIpc) is 2.59. The highest BCUT2D eigenvalue weighted by atomic mass is 14.5. The molecule has 0 nitrogen and oxygen atoms in total. The molecule has 54 valence electrons. The Bertz CT molecular complexity index is 61.0. The summed E-state index contributed by atoms with van der Waals surface area (Å²) in [5.74, 6) is 3.29. The van der Waals surface area contributed by atoms with Gasteiger partial charge in [0.25, 0.3) is 0 Å². The second kappa shape index (κ2) is 2.72. The van der Waals surface area contributed by atoms with Gasteiger partial charge < -0.3 is 0 Å². The minimum Gasteiger partial charge on any atom is -0.0651 e. The molecule has 0 bridgehead atoms.